The van der Waals surface area contributed by atoms with E-state index in [1.165, 1.54) is 4.90 Å². The molecule has 2 aliphatic rings. The summed E-state index contributed by atoms with van der Waals surface area (Å²) in [6.45, 7) is 0.563. The van der Waals surface area contributed by atoms with E-state index >= 15 is 0 Å². The Labute approximate surface area is 121 Å². The van der Waals surface area contributed by atoms with Crippen LogP contribution in [0, 0.1) is 0 Å². The first-order valence-electron chi connectivity index (χ1n) is 6.63. The molecule has 102 valence electrons. The van der Waals surface area contributed by atoms with Gasteiger partial charge >= 0.3 is 11.8 Å². The lowest BCUT2D eigenvalue weighted by Gasteiger charge is -2.18. The summed E-state index contributed by atoms with van der Waals surface area (Å²) in [7, 11) is 0. The Morgan fingerprint density at radius 3 is 2.29 bits per heavy atom. The van der Waals surface area contributed by atoms with Gasteiger partial charge in [0.2, 0.25) is 5.96 Å². The highest BCUT2D eigenvalue weighted by molar-refractivity contribution is 6.55. The lowest BCUT2D eigenvalue weighted by molar-refractivity contribution is -0.134. The number of hydrogen-bond acceptors (Lipinski definition) is 3. The van der Waals surface area contributed by atoms with Crippen LogP contribution in [0.15, 0.2) is 59.6 Å². The standard InChI is InChI=1S/C16H11N3O2/c20-14-15(21)19-13-9-5-4-8-12(13)18(16(19)17-14)10-11-6-2-1-3-7-11/h1-9H,10H2. The number of aliphatic imine (C=N–C) groups is 1. The number of para-hydroxylation sites is 2. The molecule has 0 N–H and O–H groups in total. The van der Waals surface area contributed by atoms with E-state index in [0.717, 1.165) is 11.3 Å². The molecule has 2 aromatic carbocycles. The zero-order valence-electron chi connectivity index (χ0n) is 11.1. The summed E-state index contributed by atoms with van der Waals surface area (Å²) in [5.41, 5.74) is 2.69. The highest BCUT2D eigenvalue weighted by atomic mass is 16.2. The Morgan fingerprint density at radius 2 is 1.52 bits per heavy atom. The van der Waals surface area contributed by atoms with Gasteiger partial charge in [0.25, 0.3) is 0 Å². The summed E-state index contributed by atoms with van der Waals surface area (Å²) in [5.74, 6) is -0.902. The van der Waals surface area contributed by atoms with E-state index in [1.54, 1.807) is 0 Å². The van der Waals surface area contributed by atoms with Crippen LogP contribution in [0.4, 0.5) is 11.4 Å². The van der Waals surface area contributed by atoms with Crippen molar-refractivity contribution in [2.45, 2.75) is 6.54 Å². The Kier molecular flexibility index (Phi) is 2.41. The second kappa shape index (κ2) is 4.28. The van der Waals surface area contributed by atoms with E-state index < -0.39 is 11.8 Å². The van der Waals surface area contributed by atoms with Crippen molar-refractivity contribution in [2.75, 3.05) is 9.80 Å². The van der Waals surface area contributed by atoms with E-state index in [0.29, 0.717) is 18.2 Å². The molecule has 4 rings (SSSR count). The quantitative estimate of drug-likeness (QED) is 0.788. The molecule has 0 spiro atoms. The van der Waals surface area contributed by atoms with E-state index in [1.807, 2.05) is 59.5 Å². The third-order valence-electron chi connectivity index (χ3n) is 3.63. The average Bonchev–Trinajstić information content (AvgIpc) is 2.97. The van der Waals surface area contributed by atoms with Gasteiger partial charge in [-0.25, -0.2) is 4.90 Å². The van der Waals surface area contributed by atoms with Gasteiger partial charge in [-0.2, -0.15) is 4.99 Å². The Hall–Kier alpha value is -2.95. The van der Waals surface area contributed by atoms with Crippen molar-refractivity contribution in [3.63, 3.8) is 0 Å². The SMILES string of the molecule is O=C1N=C2N(Cc3ccccc3)c3ccccc3N2C1=O. The largest absolute Gasteiger partial charge is 0.339 e. The maximum Gasteiger partial charge on any atom is 0.339 e. The van der Waals surface area contributed by atoms with E-state index in [2.05, 4.69) is 4.99 Å². The Morgan fingerprint density at radius 1 is 0.857 bits per heavy atom. The number of hydrogen-bond donors (Lipinski definition) is 0. The fourth-order valence-corrected chi connectivity index (χ4v) is 2.68. The highest BCUT2D eigenvalue weighted by Crippen LogP contribution is 2.39. The van der Waals surface area contributed by atoms with Crippen molar-refractivity contribution >= 4 is 29.1 Å². The molecule has 5 heteroatoms. The average molecular weight is 277 g/mol. The maximum atomic E-state index is 12.0. The molecule has 2 aromatic rings. The van der Waals surface area contributed by atoms with Crippen molar-refractivity contribution in [1.82, 2.24) is 0 Å². The normalized spacial score (nSPS) is 16.1. The molecule has 0 radical (unpaired) electrons. The van der Waals surface area contributed by atoms with Crippen molar-refractivity contribution < 1.29 is 9.59 Å². The zero-order chi connectivity index (χ0) is 14.4. The van der Waals surface area contributed by atoms with Crippen LogP contribution in [0.2, 0.25) is 0 Å². The molecule has 0 saturated carbocycles. The van der Waals surface area contributed by atoms with Gasteiger partial charge in [0, 0.05) is 0 Å². The number of fused-ring (bicyclic) bond motifs is 3. The van der Waals surface area contributed by atoms with Crippen LogP contribution < -0.4 is 9.80 Å². The summed E-state index contributed by atoms with van der Waals surface area (Å²) in [6, 6.07) is 17.4. The third kappa shape index (κ3) is 1.67. The summed E-state index contributed by atoms with van der Waals surface area (Å²) < 4.78 is 0. The summed E-state index contributed by atoms with van der Waals surface area (Å²) in [4.78, 5) is 30.8. The first kappa shape index (κ1) is 11.8. The van der Waals surface area contributed by atoms with Gasteiger partial charge < -0.3 is 4.90 Å². The van der Waals surface area contributed by atoms with Crippen molar-refractivity contribution in [2.24, 2.45) is 4.99 Å². The predicted octanol–water partition coefficient (Wildman–Crippen LogP) is 1.94. The molecule has 0 aromatic heterocycles. The van der Waals surface area contributed by atoms with Gasteiger partial charge in [0.05, 0.1) is 17.9 Å². The predicted molar refractivity (Wildman–Crippen MR) is 79.0 cm³/mol. The molecule has 0 bridgehead atoms. The van der Waals surface area contributed by atoms with Crippen molar-refractivity contribution in [3.8, 4) is 0 Å². The molecule has 21 heavy (non-hydrogen) atoms. The van der Waals surface area contributed by atoms with Gasteiger partial charge in [-0.3, -0.25) is 9.59 Å². The van der Waals surface area contributed by atoms with Gasteiger partial charge in [0.1, 0.15) is 0 Å². The molecule has 2 aliphatic heterocycles. The highest BCUT2D eigenvalue weighted by Gasteiger charge is 2.44. The maximum absolute atomic E-state index is 12.0. The van der Waals surface area contributed by atoms with Crippen LogP contribution in [-0.2, 0) is 16.1 Å². The minimum atomic E-state index is -0.711. The molecule has 0 atom stereocenters. The molecule has 2 amide bonds. The summed E-state index contributed by atoms with van der Waals surface area (Å²) >= 11 is 0. The number of amides is 2. The van der Waals surface area contributed by atoms with Crippen LogP contribution in [0.1, 0.15) is 5.56 Å². The number of benzene rings is 2. The van der Waals surface area contributed by atoms with Crippen molar-refractivity contribution in [1.29, 1.82) is 0 Å². The first-order valence-corrected chi connectivity index (χ1v) is 6.63. The summed E-state index contributed by atoms with van der Waals surface area (Å²) in [6.07, 6.45) is 0. The second-order valence-corrected chi connectivity index (χ2v) is 4.92. The number of anilines is 2. The summed E-state index contributed by atoms with van der Waals surface area (Å²) in [5, 5.41) is 0. The molecular weight excluding hydrogens is 266 g/mol. The number of carbonyl (C=O) groups is 2. The molecule has 2 heterocycles. The van der Waals surface area contributed by atoms with Crippen molar-refractivity contribution in [3.05, 3.63) is 60.2 Å². The topological polar surface area (TPSA) is 53.0 Å². The molecular formula is C16H11N3O2. The van der Waals surface area contributed by atoms with Gasteiger partial charge in [-0.1, -0.05) is 42.5 Å². The van der Waals surface area contributed by atoms with E-state index in [9.17, 15) is 9.59 Å². The van der Waals surface area contributed by atoms with Crippen LogP contribution in [-0.4, -0.2) is 17.8 Å². The van der Waals surface area contributed by atoms with Gasteiger partial charge in [-0.15, -0.1) is 0 Å². The fourth-order valence-electron chi connectivity index (χ4n) is 2.68. The monoisotopic (exact) mass is 277 g/mol. The molecule has 0 aliphatic carbocycles. The zero-order valence-corrected chi connectivity index (χ0v) is 11.1. The third-order valence-corrected chi connectivity index (χ3v) is 3.63. The molecule has 5 nitrogen and oxygen atoms in total. The van der Waals surface area contributed by atoms with Crippen LogP contribution in [0.3, 0.4) is 0 Å². The minimum absolute atomic E-state index is 0.398. The second-order valence-electron chi connectivity index (χ2n) is 4.92. The van der Waals surface area contributed by atoms with Crippen LogP contribution in [0.5, 0.6) is 0 Å². The number of carbonyl (C=O) groups excluding carboxylic acids is 2. The van der Waals surface area contributed by atoms with E-state index in [-0.39, 0.29) is 0 Å². The Bertz CT molecular complexity index is 783. The Balaban J connectivity index is 1.81. The van der Waals surface area contributed by atoms with Gasteiger partial charge in [0.15, 0.2) is 0 Å². The molecule has 0 unspecified atom stereocenters. The smallest absolute Gasteiger partial charge is 0.305 e. The van der Waals surface area contributed by atoms with E-state index in [4.69, 9.17) is 0 Å². The van der Waals surface area contributed by atoms with Crippen LogP contribution in [0.25, 0.3) is 0 Å². The fraction of sp³-hybridized carbons (Fsp3) is 0.0625. The minimum Gasteiger partial charge on any atom is -0.305 e. The number of guanidine groups is 1. The number of nitrogens with zero attached hydrogens (tertiary/aromatic N) is 3. The first-order chi connectivity index (χ1) is 10.3. The lowest BCUT2D eigenvalue weighted by Crippen LogP contribution is -2.38. The lowest BCUT2D eigenvalue weighted by atomic mass is 10.2. The molecule has 0 fully saturated rings. The van der Waals surface area contributed by atoms with Crippen LogP contribution >= 0.6 is 0 Å². The molecule has 0 saturated heterocycles. The number of rotatable bonds is 2. The van der Waals surface area contributed by atoms with Gasteiger partial charge in [-0.05, 0) is 17.7 Å².